The highest BCUT2D eigenvalue weighted by Crippen LogP contribution is 2.39. The van der Waals surface area contributed by atoms with Crippen molar-refractivity contribution in [3.63, 3.8) is 0 Å². The van der Waals surface area contributed by atoms with Crippen LogP contribution in [0.15, 0.2) is 48.5 Å². The maximum atomic E-state index is 14.8. The molecule has 0 unspecified atom stereocenters. The van der Waals surface area contributed by atoms with Crippen LogP contribution in [0.25, 0.3) is 11.1 Å². The van der Waals surface area contributed by atoms with Gasteiger partial charge in [-0.15, -0.1) is 13.2 Å². The molecule has 1 aliphatic rings. The molecule has 13 heteroatoms. The van der Waals surface area contributed by atoms with Gasteiger partial charge < -0.3 is 18.9 Å². The van der Waals surface area contributed by atoms with Crippen molar-refractivity contribution in [2.45, 2.75) is 32.1 Å². The molecule has 0 saturated carbocycles. The Morgan fingerprint density at radius 3 is 1.95 bits per heavy atom. The van der Waals surface area contributed by atoms with Crippen molar-refractivity contribution in [3.05, 3.63) is 82.9 Å². The molecule has 1 fully saturated rings. The molecule has 3 aromatic rings. The lowest BCUT2D eigenvalue weighted by atomic mass is 10.0. The molecule has 1 heterocycles. The van der Waals surface area contributed by atoms with E-state index in [1.807, 2.05) is 6.92 Å². The zero-order chi connectivity index (χ0) is 28.5. The first-order valence-electron chi connectivity index (χ1n) is 11.4. The van der Waals surface area contributed by atoms with Crippen LogP contribution in [-0.4, -0.2) is 19.6 Å². The van der Waals surface area contributed by atoms with Crippen LogP contribution in [0, 0.1) is 29.2 Å². The number of hydrogen-bond donors (Lipinski definition) is 0. The summed E-state index contributed by atoms with van der Waals surface area (Å²) >= 11 is 0. The van der Waals surface area contributed by atoms with E-state index >= 15 is 0 Å². The predicted octanol–water partition coefficient (Wildman–Crippen LogP) is 8.01. The summed E-state index contributed by atoms with van der Waals surface area (Å²) in [5.74, 6) is -7.93. The summed E-state index contributed by atoms with van der Waals surface area (Å²) in [7, 11) is 0. The van der Waals surface area contributed by atoms with E-state index in [4.69, 9.17) is 9.47 Å². The molecule has 1 saturated heterocycles. The normalized spacial score (nSPS) is 18.2. The molecule has 39 heavy (non-hydrogen) atoms. The minimum Gasteiger partial charge on any atom is -0.429 e. The van der Waals surface area contributed by atoms with Gasteiger partial charge in [0.1, 0.15) is 28.8 Å². The highest BCUT2D eigenvalue weighted by molar-refractivity contribution is 5.66. The molecular weight excluding hydrogens is 547 g/mol. The van der Waals surface area contributed by atoms with Crippen LogP contribution in [0.4, 0.5) is 39.5 Å². The largest absolute Gasteiger partial charge is 0.573 e. The predicted molar refractivity (Wildman–Crippen MR) is 118 cm³/mol. The van der Waals surface area contributed by atoms with Gasteiger partial charge in [0.15, 0.2) is 17.9 Å². The lowest BCUT2D eigenvalue weighted by molar-refractivity contribution is -0.275. The maximum absolute atomic E-state index is 14.8. The Kier molecular flexibility index (Phi) is 8.03. The van der Waals surface area contributed by atoms with Crippen LogP contribution in [-0.2, 0) is 15.6 Å². The Balaban J connectivity index is 1.53. The van der Waals surface area contributed by atoms with Gasteiger partial charge in [-0.05, 0) is 48.4 Å². The highest BCUT2D eigenvalue weighted by atomic mass is 19.4. The number of benzene rings is 3. The number of alkyl halides is 5. The average molecular weight is 566 g/mol. The van der Waals surface area contributed by atoms with Crippen molar-refractivity contribution in [2.75, 3.05) is 13.2 Å². The lowest BCUT2D eigenvalue weighted by Crippen LogP contribution is -2.28. The Hall–Kier alpha value is -3.45. The van der Waals surface area contributed by atoms with Gasteiger partial charge >= 0.3 is 12.5 Å². The van der Waals surface area contributed by atoms with E-state index in [0.717, 1.165) is 24.6 Å². The number of hydrogen-bond acceptors (Lipinski definition) is 4. The second kappa shape index (κ2) is 11.0. The molecule has 4 nitrogen and oxygen atoms in total. The highest BCUT2D eigenvalue weighted by Gasteiger charge is 2.42. The summed E-state index contributed by atoms with van der Waals surface area (Å²) in [5.41, 5.74) is -2.53. The van der Waals surface area contributed by atoms with Crippen LogP contribution in [0.1, 0.15) is 30.8 Å². The number of rotatable bonds is 7. The summed E-state index contributed by atoms with van der Waals surface area (Å²) in [6.45, 7) is 2.41. The van der Waals surface area contributed by atoms with Gasteiger partial charge in [-0.1, -0.05) is 13.0 Å². The van der Waals surface area contributed by atoms with Crippen molar-refractivity contribution in [2.24, 2.45) is 5.92 Å². The van der Waals surface area contributed by atoms with Crippen LogP contribution in [0.2, 0.25) is 0 Å². The molecule has 0 bridgehead atoms. The van der Waals surface area contributed by atoms with Gasteiger partial charge in [-0.25, -0.2) is 17.6 Å². The second-order valence-electron chi connectivity index (χ2n) is 8.59. The van der Waals surface area contributed by atoms with Crippen LogP contribution < -0.4 is 9.47 Å². The third-order valence-electron chi connectivity index (χ3n) is 5.83. The summed E-state index contributed by atoms with van der Waals surface area (Å²) in [4.78, 5) is 0. The molecule has 0 amide bonds. The van der Waals surface area contributed by atoms with E-state index in [9.17, 15) is 39.5 Å². The molecular formula is C26H19F9O4. The fourth-order valence-electron chi connectivity index (χ4n) is 3.85. The quantitative estimate of drug-likeness (QED) is 0.272. The summed E-state index contributed by atoms with van der Waals surface area (Å²) < 4.78 is 143. The molecule has 210 valence electrons. The molecule has 4 rings (SSSR count). The van der Waals surface area contributed by atoms with E-state index < -0.39 is 59.1 Å². The van der Waals surface area contributed by atoms with E-state index in [2.05, 4.69) is 9.47 Å². The second-order valence-corrected chi connectivity index (χ2v) is 8.59. The Morgan fingerprint density at radius 2 is 1.41 bits per heavy atom. The third kappa shape index (κ3) is 6.59. The van der Waals surface area contributed by atoms with Gasteiger partial charge in [0.2, 0.25) is 0 Å². The van der Waals surface area contributed by atoms with E-state index in [0.29, 0.717) is 30.3 Å². The molecule has 0 atom stereocenters. The van der Waals surface area contributed by atoms with E-state index in [1.54, 1.807) is 0 Å². The number of ether oxygens (including phenoxy) is 4. The summed E-state index contributed by atoms with van der Waals surface area (Å²) in [5, 5.41) is 0. The summed E-state index contributed by atoms with van der Waals surface area (Å²) in [6, 6.07) is 5.43. The zero-order valence-electron chi connectivity index (χ0n) is 19.9. The SMILES string of the molecule is CCC1COC(c2cc(F)c(C(F)(F)Oc3ccc(-c4ccc(OC(F)(F)F)c(F)c4)c(F)c3)c(F)c2)OC1. The van der Waals surface area contributed by atoms with Crippen LogP contribution in [0.3, 0.4) is 0 Å². The molecule has 0 radical (unpaired) electrons. The first-order valence-corrected chi connectivity index (χ1v) is 11.4. The molecule has 1 aliphatic heterocycles. The van der Waals surface area contributed by atoms with Crippen molar-refractivity contribution in [3.8, 4) is 22.6 Å². The van der Waals surface area contributed by atoms with Crippen molar-refractivity contribution in [1.29, 1.82) is 0 Å². The Labute approximate surface area is 215 Å². The lowest BCUT2D eigenvalue weighted by Gasteiger charge is -2.29. The van der Waals surface area contributed by atoms with Gasteiger partial charge in [-0.3, -0.25) is 0 Å². The molecule has 0 aromatic heterocycles. The van der Waals surface area contributed by atoms with Crippen molar-refractivity contribution in [1.82, 2.24) is 0 Å². The fraction of sp³-hybridized carbons (Fsp3) is 0.308. The van der Waals surface area contributed by atoms with Gasteiger partial charge in [-0.2, -0.15) is 8.78 Å². The van der Waals surface area contributed by atoms with Crippen molar-refractivity contribution >= 4 is 0 Å². The van der Waals surface area contributed by atoms with Crippen LogP contribution in [0.5, 0.6) is 11.5 Å². The monoisotopic (exact) mass is 566 g/mol. The topological polar surface area (TPSA) is 36.9 Å². The summed E-state index contributed by atoms with van der Waals surface area (Å²) in [6.07, 6.45) is -10.2. The number of halogens is 9. The van der Waals surface area contributed by atoms with E-state index in [1.165, 1.54) is 0 Å². The molecule has 0 aliphatic carbocycles. The van der Waals surface area contributed by atoms with Crippen LogP contribution >= 0.6 is 0 Å². The Bertz CT molecular complexity index is 1310. The first kappa shape index (κ1) is 28.6. The average Bonchev–Trinajstić information content (AvgIpc) is 2.84. The van der Waals surface area contributed by atoms with Gasteiger partial charge in [0.25, 0.3) is 0 Å². The fourth-order valence-corrected chi connectivity index (χ4v) is 3.85. The minimum atomic E-state index is -5.16. The third-order valence-corrected chi connectivity index (χ3v) is 5.83. The molecule has 0 spiro atoms. The zero-order valence-corrected chi connectivity index (χ0v) is 19.9. The molecule has 0 N–H and O–H groups in total. The minimum absolute atomic E-state index is 0.0847. The smallest absolute Gasteiger partial charge is 0.429 e. The van der Waals surface area contributed by atoms with Gasteiger partial charge in [0, 0.05) is 23.1 Å². The maximum Gasteiger partial charge on any atom is 0.573 e. The Morgan fingerprint density at radius 1 is 0.769 bits per heavy atom. The standard InChI is InChI=1S/C26H19F9O4/c1-2-13-11-36-24(37-12-13)15-8-20(29)23(21(30)9-15)25(31,32)38-16-4-5-17(18(27)10-16)14-3-6-22(19(28)7-14)39-26(33,34)35/h3-10,13,24H,2,11-12H2,1H3. The first-order chi connectivity index (χ1) is 18.3. The van der Waals surface area contributed by atoms with Crippen molar-refractivity contribution < 1.29 is 58.5 Å². The van der Waals surface area contributed by atoms with E-state index in [-0.39, 0.29) is 35.8 Å². The molecule has 3 aromatic carbocycles. The van der Waals surface area contributed by atoms with Gasteiger partial charge in [0.05, 0.1) is 13.2 Å².